The molecular formula is C25H28F2N4O. The van der Waals surface area contributed by atoms with Crippen LogP contribution in [0, 0.1) is 11.6 Å². The van der Waals surface area contributed by atoms with Crippen molar-refractivity contribution in [3.8, 4) is 11.1 Å². The van der Waals surface area contributed by atoms with Gasteiger partial charge in [0.1, 0.15) is 0 Å². The number of aromatic nitrogens is 2. The van der Waals surface area contributed by atoms with Gasteiger partial charge in [0, 0.05) is 23.5 Å². The second kappa shape index (κ2) is 8.98. The second-order valence-electron chi connectivity index (χ2n) is 9.06. The minimum atomic E-state index is -0.868. The molecule has 1 aliphatic heterocycles. The van der Waals surface area contributed by atoms with Crippen molar-refractivity contribution < 1.29 is 13.6 Å². The number of H-pyrrole nitrogens is 1. The Morgan fingerprint density at radius 3 is 2.62 bits per heavy atom. The zero-order chi connectivity index (χ0) is 22.1. The molecule has 0 spiro atoms. The standard InChI is InChI=1S/C25H28F2N4O/c26-21-13-16(15-31-10-4-1-5-11-31)12-19(23(21)27)17-8-9-22-20(14-17)24(30-29-22)25(32)28-18-6-2-3-7-18/h8-9,12-14,18H,1-7,10-11,15H2,(H,28,32)(H,29,30). The summed E-state index contributed by atoms with van der Waals surface area (Å²) in [5.41, 5.74) is 2.48. The van der Waals surface area contributed by atoms with E-state index in [1.807, 2.05) is 0 Å². The monoisotopic (exact) mass is 438 g/mol. The number of hydrogen-bond acceptors (Lipinski definition) is 3. The van der Waals surface area contributed by atoms with Crippen molar-refractivity contribution in [3.63, 3.8) is 0 Å². The van der Waals surface area contributed by atoms with Gasteiger partial charge in [0.15, 0.2) is 17.3 Å². The summed E-state index contributed by atoms with van der Waals surface area (Å²) < 4.78 is 29.3. The molecule has 7 heteroatoms. The maximum atomic E-state index is 14.8. The van der Waals surface area contributed by atoms with Gasteiger partial charge in [-0.2, -0.15) is 5.10 Å². The molecule has 1 saturated carbocycles. The molecule has 168 valence electrons. The highest BCUT2D eigenvalue weighted by Gasteiger charge is 2.22. The fourth-order valence-electron chi connectivity index (χ4n) is 5.00. The molecule has 1 aliphatic carbocycles. The lowest BCUT2D eigenvalue weighted by atomic mass is 9.99. The zero-order valence-corrected chi connectivity index (χ0v) is 18.1. The third-order valence-corrected chi connectivity index (χ3v) is 6.72. The van der Waals surface area contributed by atoms with Crippen LogP contribution in [0.5, 0.6) is 0 Å². The van der Waals surface area contributed by atoms with Crippen LogP contribution in [0.1, 0.15) is 61.0 Å². The number of fused-ring (bicyclic) bond motifs is 1. The molecule has 2 N–H and O–H groups in total. The third-order valence-electron chi connectivity index (χ3n) is 6.72. The topological polar surface area (TPSA) is 61.0 Å². The zero-order valence-electron chi connectivity index (χ0n) is 18.1. The first-order valence-electron chi connectivity index (χ1n) is 11.6. The maximum absolute atomic E-state index is 14.8. The van der Waals surface area contributed by atoms with Gasteiger partial charge in [-0.1, -0.05) is 25.3 Å². The molecule has 2 fully saturated rings. The van der Waals surface area contributed by atoms with Gasteiger partial charge in [-0.05, 0) is 74.2 Å². The molecule has 5 nitrogen and oxygen atoms in total. The minimum absolute atomic E-state index is 0.176. The number of benzene rings is 2. The average Bonchev–Trinajstić information content (AvgIpc) is 3.46. The first-order chi connectivity index (χ1) is 15.6. The molecule has 0 unspecified atom stereocenters. The molecule has 1 saturated heterocycles. The van der Waals surface area contributed by atoms with Gasteiger partial charge in [-0.3, -0.25) is 14.8 Å². The highest BCUT2D eigenvalue weighted by molar-refractivity contribution is 6.05. The van der Waals surface area contributed by atoms with E-state index in [1.165, 1.54) is 12.5 Å². The Balaban J connectivity index is 1.46. The molecule has 32 heavy (non-hydrogen) atoms. The van der Waals surface area contributed by atoms with E-state index < -0.39 is 11.6 Å². The molecule has 1 amide bonds. The van der Waals surface area contributed by atoms with Crippen LogP contribution in [0.4, 0.5) is 8.78 Å². The number of carbonyl (C=O) groups is 1. The Morgan fingerprint density at radius 1 is 1.06 bits per heavy atom. The van der Waals surface area contributed by atoms with Crippen molar-refractivity contribution in [1.29, 1.82) is 0 Å². The molecule has 2 heterocycles. The van der Waals surface area contributed by atoms with Crippen molar-refractivity contribution in [2.75, 3.05) is 13.1 Å². The summed E-state index contributed by atoms with van der Waals surface area (Å²) in [5.74, 6) is -1.95. The van der Waals surface area contributed by atoms with Crippen LogP contribution in [0.2, 0.25) is 0 Å². The van der Waals surface area contributed by atoms with E-state index in [0.29, 0.717) is 28.7 Å². The van der Waals surface area contributed by atoms with E-state index in [9.17, 15) is 13.6 Å². The van der Waals surface area contributed by atoms with Gasteiger partial charge in [0.05, 0.1) is 5.52 Å². The van der Waals surface area contributed by atoms with Crippen molar-refractivity contribution >= 4 is 16.8 Å². The van der Waals surface area contributed by atoms with E-state index in [1.54, 1.807) is 24.3 Å². The summed E-state index contributed by atoms with van der Waals surface area (Å²) in [7, 11) is 0. The van der Waals surface area contributed by atoms with Crippen molar-refractivity contribution in [2.45, 2.75) is 57.5 Å². The van der Waals surface area contributed by atoms with E-state index in [4.69, 9.17) is 0 Å². The Hall–Kier alpha value is -2.80. The summed E-state index contributed by atoms with van der Waals surface area (Å²) in [4.78, 5) is 15.1. The highest BCUT2D eigenvalue weighted by Crippen LogP contribution is 2.30. The Labute approximate surface area is 186 Å². The smallest absolute Gasteiger partial charge is 0.272 e. The van der Waals surface area contributed by atoms with Crippen LogP contribution in [-0.4, -0.2) is 40.1 Å². The number of hydrogen-bond donors (Lipinski definition) is 2. The van der Waals surface area contributed by atoms with E-state index >= 15 is 0 Å². The third kappa shape index (κ3) is 4.26. The molecule has 2 aliphatic rings. The Morgan fingerprint density at radius 2 is 1.84 bits per heavy atom. The number of nitrogens with zero attached hydrogens (tertiary/aromatic N) is 2. The van der Waals surface area contributed by atoms with E-state index in [-0.39, 0.29) is 17.5 Å². The molecule has 5 rings (SSSR count). The highest BCUT2D eigenvalue weighted by atomic mass is 19.2. The summed E-state index contributed by atoms with van der Waals surface area (Å²) >= 11 is 0. The summed E-state index contributed by atoms with van der Waals surface area (Å²) in [5, 5.41) is 10.7. The number of piperidine rings is 1. The quantitative estimate of drug-likeness (QED) is 0.578. The summed E-state index contributed by atoms with van der Waals surface area (Å²) in [6.45, 7) is 2.57. The van der Waals surface area contributed by atoms with Crippen LogP contribution in [0.25, 0.3) is 22.0 Å². The molecule has 3 aromatic rings. The molecule has 2 aromatic carbocycles. The lowest BCUT2D eigenvalue weighted by Gasteiger charge is -2.26. The van der Waals surface area contributed by atoms with Crippen molar-refractivity contribution in [3.05, 3.63) is 53.2 Å². The van der Waals surface area contributed by atoms with Gasteiger partial charge < -0.3 is 5.32 Å². The van der Waals surface area contributed by atoms with Crippen LogP contribution < -0.4 is 5.32 Å². The molecule has 0 radical (unpaired) electrons. The number of nitrogens with one attached hydrogen (secondary N) is 2. The summed E-state index contributed by atoms with van der Waals surface area (Å²) in [6, 6.07) is 8.43. The second-order valence-corrected chi connectivity index (χ2v) is 9.06. The molecule has 1 aromatic heterocycles. The summed E-state index contributed by atoms with van der Waals surface area (Å²) in [6.07, 6.45) is 7.70. The number of likely N-dealkylation sites (tertiary alicyclic amines) is 1. The Bertz CT molecular complexity index is 1130. The number of aromatic amines is 1. The van der Waals surface area contributed by atoms with Crippen molar-refractivity contribution in [1.82, 2.24) is 20.4 Å². The van der Waals surface area contributed by atoms with Gasteiger partial charge in [0.2, 0.25) is 0 Å². The molecule has 0 atom stereocenters. The first-order valence-corrected chi connectivity index (χ1v) is 11.6. The lowest BCUT2D eigenvalue weighted by Crippen LogP contribution is -2.32. The fraction of sp³-hybridized carbons (Fsp3) is 0.440. The van der Waals surface area contributed by atoms with Gasteiger partial charge in [-0.25, -0.2) is 8.78 Å². The van der Waals surface area contributed by atoms with Crippen LogP contribution >= 0.6 is 0 Å². The SMILES string of the molecule is O=C(NC1CCCC1)c1n[nH]c2ccc(-c3cc(CN4CCCCC4)cc(F)c3F)cc12. The van der Waals surface area contributed by atoms with Crippen LogP contribution in [-0.2, 0) is 6.54 Å². The number of carbonyl (C=O) groups excluding carboxylic acids is 1. The normalized spacial score (nSPS) is 17.8. The van der Waals surface area contributed by atoms with Gasteiger partial charge >= 0.3 is 0 Å². The minimum Gasteiger partial charge on any atom is -0.348 e. The maximum Gasteiger partial charge on any atom is 0.272 e. The largest absolute Gasteiger partial charge is 0.348 e. The molecule has 0 bridgehead atoms. The number of amides is 1. The Kier molecular flexibility index (Phi) is 5.91. The molecular weight excluding hydrogens is 410 g/mol. The van der Waals surface area contributed by atoms with Crippen molar-refractivity contribution in [2.24, 2.45) is 0 Å². The predicted octanol–water partition coefficient (Wildman–Crippen LogP) is 5.17. The first kappa shape index (κ1) is 21.1. The lowest BCUT2D eigenvalue weighted by molar-refractivity contribution is 0.0934. The van der Waals surface area contributed by atoms with E-state index in [0.717, 1.165) is 57.2 Å². The van der Waals surface area contributed by atoms with Gasteiger partial charge in [-0.15, -0.1) is 0 Å². The van der Waals surface area contributed by atoms with Crippen LogP contribution in [0.3, 0.4) is 0 Å². The van der Waals surface area contributed by atoms with E-state index in [2.05, 4.69) is 20.4 Å². The van der Waals surface area contributed by atoms with Gasteiger partial charge in [0.25, 0.3) is 5.91 Å². The predicted molar refractivity (Wildman–Crippen MR) is 120 cm³/mol. The average molecular weight is 439 g/mol. The number of halogens is 2. The number of rotatable bonds is 5. The fourth-order valence-corrected chi connectivity index (χ4v) is 5.00. The van der Waals surface area contributed by atoms with Crippen LogP contribution in [0.15, 0.2) is 30.3 Å².